The van der Waals surface area contributed by atoms with Crippen LogP contribution in [0.4, 0.5) is 5.69 Å². The van der Waals surface area contributed by atoms with Crippen molar-refractivity contribution in [1.29, 1.82) is 0 Å². The number of aromatic nitrogens is 1. The number of thioether (sulfide) groups is 1. The van der Waals surface area contributed by atoms with Crippen molar-refractivity contribution in [3.05, 3.63) is 18.2 Å². The van der Waals surface area contributed by atoms with Crippen LogP contribution in [-0.4, -0.2) is 23.4 Å². The van der Waals surface area contributed by atoms with Crippen molar-refractivity contribution in [3.63, 3.8) is 0 Å². The molecule has 5 heteroatoms. The minimum Gasteiger partial charge on any atom is -0.431 e. The average Bonchev–Trinajstić information content (AvgIpc) is 3.02. The smallest absolute Gasteiger partial charge is 0.256 e. The van der Waals surface area contributed by atoms with Crippen molar-refractivity contribution < 1.29 is 9.15 Å². The van der Waals surface area contributed by atoms with Crippen molar-refractivity contribution in [3.8, 4) is 0 Å². The van der Waals surface area contributed by atoms with E-state index in [0.717, 1.165) is 41.5 Å². The largest absolute Gasteiger partial charge is 0.431 e. The van der Waals surface area contributed by atoms with Crippen LogP contribution >= 0.6 is 11.8 Å². The van der Waals surface area contributed by atoms with Crippen molar-refractivity contribution in [2.45, 2.75) is 37.0 Å². The Morgan fingerprint density at radius 2 is 2.37 bits per heavy atom. The van der Waals surface area contributed by atoms with Gasteiger partial charge in [0, 0.05) is 24.1 Å². The molecule has 1 aromatic carbocycles. The fourth-order valence-electron chi connectivity index (χ4n) is 2.32. The molecule has 0 amide bonds. The summed E-state index contributed by atoms with van der Waals surface area (Å²) in [6, 6.07) is 5.56. The third-order valence-corrected chi connectivity index (χ3v) is 4.23. The summed E-state index contributed by atoms with van der Waals surface area (Å²) in [5.74, 6) is 1.02. The first-order valence-corrected chi connectivity index (χ1v) is 7.70. The molecule has 1 atom stereocenters. The Hall–Kier alpha value is -1.20. The Morgan fingerprint density at radius 1 is 1.42 bits per heavy atom. The maximum Gasteiger partial charge on any atom is 0.256 e. The summed E-state index contributed by atoms with van der Waals surface area (Å²) in [6.45, 7) is 0.935. The summed E-state index contributed by atoms with van der Waals surface area (Å²) in [6.07, 6.45) is 5.18. The molecular formula is C14H18N2O2S. The van der Waals surface area contributed by atoms with E-state index in [1.165, 1.54) is 12.8 Å². The zero-order valence-corrected chi connectivity index (χ0v) is 11.6. The second kappa shape index (κ2) is 5.84. The number of fused-ring (bicyclic) bond motifs is 1. The highest BCUT2D eigenvalue weighted by atomic mass is 32.2. The lowest BCUT2D eigenvalue weighted by Crippen LogP contribution is -2.04. The molecule has 1 aromatic heterocycles. The van der Waals surface area contributed by atoms with Gasteiger partial charge in [0.1, 0.15) is 5.52 Å². The summed E-state index contributed by atoms with van der Waals surface area (Å²) >= 11 is 1.66. The SMILES string of the molecule is Nc1ccc2nc(SCCCC3CCCO3)oc2c1. The van der Waals surface area contributed by atoms with Gasteiger partial charge in [-0.1, -0.05) is 11.8 Å². The van der Waals surface area contributed by atoms with Crippen LogP contribution in [0, 0.1) is 0 Å². The Labute approximate surface area is 116 Å². The first kappa shape index (κ1) is 12.8. The van der Waals surface area contributed by atoms with E-state index in [2.05, 4.69) is 4.98 Å². The monoisotopic (exact) mass is 278 g/mol. The van der Waals surface area contributed by atoms with Gasteiger partial charge in [0.15, 0.2) is 5.58 Å². The molecule has 0 aliphatic carbocycles. The Kier molecular flexibility index (Phi) is 3.94. The highest BCUT2D eigenvalue weighted by molar-refractivity contribution is 7.99. The molecule has 2 aromatic rings. The highest BCUT2D eigenvalue weighted by Crippen LogP contribution is 2.26. The number of anilines is 1. The molecule has 0 saturated carbocycles. The van der Waals surface area contributed by atoms with Gasteiger partial charge in [-0.25, -0.2) is 4.98 Å². The molecule has 4 nitrogen and oxygen atoms in total. The quantitative estimate of drug-likeness (QED) is 0.515. The van der Waals surface area contributed by atoms with Crippen molar-refractivity contribution >= 4 is 28.5 Å². The average molecular weight is 278 g/mol. The predicted octanol–water partition coefficient (Wildman–Crippen LogP) is 3.46. The Bertz CT molecular complexity index is 549. The van der Waals surface area contributed by atoms with Gasteiger partial charge in [-0.05, 0) is 37.8 Å². The molecule has 1 aliphatic heterocycles. The lowest BCUT2D eigenvalue weighted by atomic mass is 10.1. The first-order valence-electron chi connectivity index (χ1n) is 6.72. The van der Waals surface area contributed by atoms with Crippen LogP contribution in [0.5, 0.6) is 0 Å². The van der Waals surface area contributed by atoms with Crippen LogP contribution in [0.3, 0.4) is 0 Å². The topological polar surface area (TPSA) is 61.3 Å². The summed E-state index contributed by atoms with van der Waals surface area (Å²) in [4.78, 5) is 4.43. The molecule has 1 aliphatic rings. The zero-order chi connectivity index (χ0) is 13.1. The van der Waals surface area contributed by atoms with Gasteiger partial charge < -0.3 is 14.9 Å². The van der Waals surface area contributed by atoms with E-state index in [-0.39, 0.29) is 0 Å². The van der Waals surface area contributed by atoms with Crippen LogP contribution in [0.15, 0.2) is 27.8 Å². The molecule has 2 N–H and O–H groups in total. The predicted molar refractivity (Wildman–Crippen MR) is 77.4 cm³/mol. The molecule has 1 saturated heterocycles. The molecule has 3 rings (SSSR count). The van der Waals surface area contributed by atoms with Crippen LogP contribution in [0.25, 0.3) is 11.1 Å². The van der Waals surface area contributed by atoms with E-state index >= 15 is 0 Å². The first-order chi connectivity index (χ1) is 9.31. The number of hydrogen-bond donors (Lipinski definition) is 1. The van der Waals surface area contributed by atoms with E-state index in [4.69, 9.17) is 14.9 Å². The number of oxazole rings is 1. The third-order valence-electron chi connectivity index (χ3n) is 3.31. The molecule has 1 fully saturated rings. The Morgan fingerprint density at radius 3 is 3.21 bits per heavy atom. The molecule has 1 unspecified atom stereocenters. The van der Waals surface area contributed by atoms with Gasteiger partial charge >= 0.3 is 0 Å². The van der Waals surface area contributed by atoms with Crippen molar-refractivity contribution in [2.24, 2.45) is 0 Å². The standard InChI is InChI=1S/C14H18N2O2S/c15-10-5-6-12-13(9-10)18-14(16-12)19-8-2-4-11-3-1-7-17-11/h5-6,9,11H,1-4,7-8,15H2. The third kappa shape index (κ3) is 3.22. The van der Waals surface area contributed by atoms with E-state index < -0.39 is 0 Å². The van der Waals surface area contributed by atoms with Crippen molar-refractivity contribution in [2.75, 3.05) is 18.1 Å². The molecule has 0 bridgehead atoms. The van der Waals surface area contributed by atoms with Gasteiger partial charge in [-0.15, -0.1) is 0 Å². The van der Waals surface area contributed by atoms with Gasteiger partial charge in [0.25, 0.3) is 5.22 Å². The number of hydrogen-bond acceptors (Lipinski definition) is 5. The number of nitrogens with two attached hydrogens (primary N) is 1. The molecule has 2 heterocycles. The molecule has 102 valence electrons. The second-order valence-electron chi connectivity index (χ2n) is 4.83. The number of ether oxygens (including phenoxy) is 1. The number of nitrogen functional groups attached to an aromatic ring is 1. The summed E-state index contributed by atoms with van der Waals surface area (Å²) < 4.78 is 11.3. The van der Waals surface area contributed by atoms with Gasteiger partial charge in [0.05, 0.1) is 6.10 Å². The molecular weight excluding hydrogens is 260 g/mol. The molecule has 0 spiro atoms. The highest BCUT2D eigenvalue weighted by Gasteiger charge is 2.15. The maximum absolute atomic E-state index is 5.72. The van der Waals surface area contributed by atoms with E-state index in [0.29, 0.717) is 11.8 Å². The van der Waals surface area contributed by atoms with E-state index in [9.17, 15) is 0 Å². The number of benzene rings is 1. The van der Waals surface area contributed by atoms with Crippen LogP contribution < -0.4 is 5.73 Å². The minimum atomic E-state index is 0.476. The lowest BCUT2D eigenvalue weighted by molar-refractivity contribution is 0.104. The van der Waals surface area contributed by atoms with Crippen LogP contribution in [-0.2, 0) is 4.74 Å². The lowest BCUT2D eigenvalue weighted by Gasteiger charge is -2.07. The zero-order valence-electron chi connectivity index (χ0n) is 10.8. The number of nitrogens with zero attached hydrogens (tertiary/aromatic N) is 1. The van der Waals surface area contributed by atoms with Gasteiger partial charge in [-0.2, -0.15) is 0 Å². The maximum atomic E-state index is 5.72. The van der Waals surface area contributed by atoms with E-state index in [1.807, 2.05) is 18.2 Å². The number of rotatable bonds is 5. The van der Waals surface area contributed by atoms with Crippen LogP contribution in [0.2, 0.25) is 0 Å². The Balaban J connectivity index is 1.50. The van der Waals surface area contributed by atoms with E-state index in [1.54, 1.807) is 11.8 Å². The fraction of sp³-hybridized carbons (Fsp3) is 0.500. The van der Waals surface area contributed by atoms with Crippen molar-refractivity contribution in [1.82, 2.24) is 4.98 Å². The van der Waals surface area contributed by atoms with Gasteiger partial charge in [0.2, 0.25) is 0 Å². The fourth-order valence-corrected chi connectivity index (χ4v) is 3.12. The molecule has 19 heavy (non-hydrogen) atoms. The normalized spacial score (nSPS) is 19.3. The van der Waals surface area contributed by atoms with Crippen LogP contribution in [0.1, 0.15) is 25.7 Å². The summed E-state index contributed by atoms with van der Waals surface area (Å²) in [7, 11) is 0. The van der Waals surface area contributed by atoms with Gasteiger partial charge in [-0.3, -0.25) is 0 Å². The molecule has 0 radical (unpaired) electrons. The minimum absolute atomic E-state index is 0.476. The second-order valence-corrected chi connectivity index (χ2v) is 5.88. The summed E-state index contributed by atoms with van der Waals surface area (Å²) in [5.41, 5.74) is 8.06. The summed E-state index contributed by atoms with van der Waals surface area (Å²) in [5, 5.41) is 0.730.